The second kappa shape index (κ2) is 7.88. The molecule has 0 saturated carbocycles. The number of hydrogen-bond acceptors (Lipinski definition) is 3. The molecule has 0 bridgehead atoms. The summed E-state index contributed by atoms with van der Waals surface area (Å²) >= 11 is 0. The lowest BCUT2D eigenvalue weighted by molar-refractivity contribution is 0.0954. The van der Waals surface area contributed by atoms with Crippen molar-refractivity contribution in [1.82, 2.24) is 14.8 Å². The van der Waals surface area contributed by atoms with E-state index in [4.69, 9.17) is 0 Å². The summed E-state index contributed by atoms with van der Waals surface area (Å²) in [6.07, 6.45) is 0.728. The van der Waals surface area contributed by atoms with E-state index in [2.05, 4.69) is 14.8 Å². The van der Waals surface area contributed by atoms with Crippen molar-refractivity contribution in [3.05, 3.63) is 35.9 Å². The third-order valence-electron chi connectivity index (χ3n) is 2.28. The van der Waals surface area contributed by atoms with Crippen molar-refractivity contribution in [2.45, 2.75) is 13.3 Å². The molecular weight excluding hydrogens is 266 g/mol. The number of benzene rings is 1. The molecule has 0 fully saturated rings. The molecule has 3 N–H and O–H groups in total. The fourth-order valence-electron chi connectivity index (χ4n) is 1.34. The number of carbonyl (C=O) groups excluding carboxylic acids is 1. The molecule has 0 saturated heterocycles. The van der Waals surface area contributed by atoms with Gasteiger partial charge in [0.1, 0.15) is 0 Å². The van der Waals surface area contributed by atoms with Crippen LogP contribution in [0, 0.1) is 0 Å². The van der Waals surface area contributed by atoms with Gasteiger partial charge in [-0.25, -0.2) is 9.44 Å². The minimum absolute atomic E-state index is 0.150. The zero-order valence-electron chi connectivity index (χ0n) is 10.8. The maximum Gasteiger partial charge on any atom is 0.276 e. The highest BCUT2D eigenvalue weighted by molar-refractivity contribution is 7.87. The Morgan fingerprint density at radius 2 is 1.68 bits per heavy atom. The van der Waals surface area contributed by atoms with Gasteiger partial charge >= 0.3 is 0 Å². The normalized spacial score (nSPS) is 11.2. The molecule has 0 aliphatic heterocycles. The fraction of sp³-hybridized carbons (Fsp3) is 0.417. The predicted octanol–water partition coefficient (Wildman–Crippen LogP) is 0.250. The van der Waals surface area contributed by atoms with E-state index >= 15 is 0 Å². The molecule has 0 aliphatic carbocycles. The average molecular weight is 285 g/mol. The van der Waals surface area contributed by atoms with Crippen molar-refractivity contribution >= 4 is 16.1 Å². The highest BCUT2D eigenvalue weighted by Crippen LogP contribution is 1.96. The Kier molecular flexibility index (Phi) is 6.48. The molecule has 0 radical (unpaired) electrons. The number of carbonyl (C=O) groups is 1. The molecule has 0 spiro atoms. The van der Waals surface area contributed by atoms with Gasteiger partial charge in [-0.05, 0) is 18.6 Å². The van der Waals surface area contributed by atoms with Gasteiger partial charge in [-0.1, -0.05) is 25.1 Å². The van der Waals surface area contributed by atoms with E-state index in [1.54, 1.807) is 24.3 Å². The molecule has 19 heavy (non-hydrogen) atoms. The lowest BCUT2D eigenvalue weighted by Crippen LogP contribution is -2.41. The summed E-state index contributed by atoms with van der Waals surface area (Å²) in [6, 6.07) is 8.76. The summed E-state index contributed by atoms with van der Waals surface area (Å²) in [4.78, 5) is 11.6. The number of nitrogens with one attached hydrogen (secondary N) is 3. The average Bonchev–Trinajstić information content (AvgIpc) is 2.42. The quantitative estimate of drug-likeness (QED) is 0.598. The minimum atomic E-state index is -3.46. The second-order valence-corrected chi connectivity index (χ2v) is 5.50. The van der Waals surface area contributed by atoms with E-state index in [-0.39, 0.29) is 19.0 Å². The lowest BCUT2D eigenvalue weighted by Gasteiger charge is -2.08. The van der Waals surface area contributed by atoms with Crippen LogP contribution in [0.1, 0.15) is 23.7 Å². The Bertz CT molecular complexity index is 488. The molecule has 106 valence electrons. The van der Waals surface area contributed by atoms with Crippen molar-refractivity contribution in [1.29, 1.82) is 0 Å². The Morgan fingerprint density at radius 3 is 2.32 bits per heavy atom. The van der Waals surface area contributed by atoms with Gasteiger partial charge in [-0.2, -0.15) is 8.42 Å². The van der Waals surface area contributed by atoms with Crippen molar-refractivity contribution in [3.8, 4) is 0 Å². The van der Waals surface area contributed by atoms with Crippen LogP contribution in [-0.4, -0.2) is 34.0 Å². The molecule has 0 heterocycles. The van der Waals surface area contributed by atoms with Crippen LogP contribution in [0.4, 0.5) is 0 Å². The first kappa shape index (κ1) is 15.6. The van der Waals surface area contributed by atoms with E-state index in [1.807, 2.05) is 13.0 Å². The fourth-order valence-corrected chi connectivity index (χ4v) is 2.29. The number of amides is 1. The van der Waals surface area contributed by atoms with Crippen LogP contribution in [-0.2, 0) is 10.2 Å². The standard InChI is InChI=1S/C12H19N3O3S/c1-2-8-14-19(17,18)15-10-9-13-12(16)11-6-4-3-5-7-11/h3-7,14-15H,2,8-10H2,1H3,(H,13,16). The molecule has 1 aromatic rings. The largest absolute Gasteiger partial charge is 0.351 e. The van der Waals surface area contributed by atoms with Crippen molar-refractivity contribution in [2.24, 2.45) is 0 Å². The maximum atomic E-state index is 11.6. The minimum Gasteiger partial charge on any atom is -0.351 e. The highest BCUT2D eigenvalue weighted by atomic mass is 32.2. The van der Waals surface area contributed by atoms with Gasteiger partial charge in [0.25, 0.3) is 16.1 Å². The van der Waals surface area contributed by atoms with Gasteiger partial charge < -0.3 is 5.32 Å². The van der Waals surface area contributed by atoms with Crippen LogP contribution >= 0.6 is 0 Å². The zero-order valence-corrected chi connectivity index (χ0v) is 11.7. The third kappa shape index (κ3) is 6.32. The molecule has 1 aromatic carbocycles. The first-order valence-corrected chi connectivity index (χ1v) is 7.61. The topological polar surface area (TPSA) is 87.3 Å². The van der Waals surface area contributed by atoms with Crippen molar-refractivity contribution in [3.63, 3.8) is 0 Å². The van der Waals surface area contributed by atoms with E-state index in [1.165, 1.54) is 0 Å². The Labute approximate surface area is 113 Å². The van der Waals surface area contributed by atoms with E-state index in [0.29, 0.717) is 12.1 Å². The summed E-state index contributed by atoms with van der Waals surface area (Å²) in [6.45, 7) is 2.66. The summed E-state index contributed by atoms with van der Waals surface area (Å²) in [5, 5.41) is 2.63. The smallest absolute Gasteiger partial charge is 0.276 e. The number of hydrogen-bond donors (Lipinski definition) is 3. The van der Waals surface area contributed by atoms with E-state index in [0.717, 1.165) is 6.42 Å². The van der Waals surface area contributed by atoms with Gasteiger partial charge in [0.15, 0.2) is 0 Å². The van der Waals surface area contributed by atoms with Crippen LogP contribution in [0.2, 0.25) is 0 Å². The molecule has 6 nitrogen and oxygen atoms in total. The SMILES string of the molecule is CCCNS(=O)(=O)NCCNC(=O)c1ccccc1. The summed E-state index contributed by atoms with van der Waals surface area (Å²) in [5.74, 6) is -0.221. The van der Waals surface area contributed by atoms with Crippen LogP contribution in [0.15, 0.2) is 30.3 Å². The molecule has 0 unspecified atom stereocenters. The van der Waals surface area contributed by atoms with Gasteiger partial charge in [0, 0.05) is 25.2 Å². The van der Waals surface area contributed by atoms with Gasteiger partial charge in [-0.3, -0.25) is 4.79 Å². The van der Waals surface area contributed by atoms with Gasteiger partial charge in [0.05, 0.1) is 0 Å². The van der Waals surface area contributed by atoms with Crippen LogP contribution < -0.4 is 14.8 Å². The molecule has 1 rings (SSSR count). The maximum absolute atomic E-state index is 11.6. The summed E-state index contributed by atoms with van der Waals surface area (Å²) < 4.78 is 27.5. The van der Waals surface area contributed by atoms with Crippen molar-refractivity contribution < 1.29 is 13.2 Å². The molecule has 1 amide bonds. The van der Waals surface area contributed by atoms with Crippen LogP contribution in [0.5, 0.6) is 0 Å². The summed E-state index contributed by atoms with van der Waals surface area (Å²) in [5.41, 5.74) is 0.550. The van der Waals surface area contributed by atoms with Gasteiger partial charge in [-0.15, -0.1) is 0 Å². The highest BCUT2D eigenvalue weighted by Gasteiger charge is 2.08. The predicted molar refractivity (Wildman–Crippen MR) is 74.0 cm³/mol. The van der Waals surface area contributed by atoms with Gasteiger partial charge in [0.2, 0.25) is 0 Å². The Morgan fingerprint density at radius 1 is 1.05 bits per heavy atom. The molecular formula is C12H19N3O3S. The molecule has 0 aromatic heterocycles. The molecule has 0 atom stereocenters. The third-order valence-corrected chi connectivity index (χ3v) is 3.45. The second-order valence-electron chi connectivity index (χ2n) is 3.91. The Balaban J connectivity index is 2.26. The first-order valence-electron chi connectivity index (χ1n) is 6.12. The molecule has 0 aliphatic rings. The zero-order chi connectivity index (χ0) is 14.1. The monoisotopic (exact) mass is 285 g/mol. The van der Waals surface area contributed by atoms with E-state index < -0.39 is 10.2 Å². The van der Waals surface area contributed by atoms with Crippen LogP contribution in [0.3, 0.4) is 0 Å². The Hall–Kier alpha value is -1.44. The van der Waals surface area contributed by atoms with E-state index in [9.17, 15) is 13.2 Å². The molecule has 7 heteroatoms. The van der Waals surface area contributed by atoms with Crippen LogP contribution in [0.25, 0.3) is 0 Å². The summed E-state index contributed by atoms with van der Waals surface area (Å²) in [7, 11) is -3.46. The first-order chi connectivity index (χ1) is 9.05. The lowest BCUT2D eigenvalue weighted by atomic mass is 10.2. The number of rotatable bonds is 8. The van der Waals surface area contributed by atoms with Crippen molar-refractivity contribution in [2.75, 3.05) is 19.6 Å².